The largest absolute Gasteiger partial charge is 0.393 e. The van der Waals surface area contributed by atoms with Gasteiger partial charge in [0.1, 0.15) is 0 Å². The van der Waals surface area contributed by atoms with E-state index in [0.717, 1.165) is 61.2 Å². The maximum atomic E-state index is 11.3. The van der Waals surface area contributed by atoms with Crippen LogP contribution >= 0.6 is 0 Å². The summed E-state index contributed by atoms with van der Waals surface area (Å²) in [6, 6.07) is 0. The molecule has 2 rings (SSSR count). The van der Waals surface area contributed by atoms with Gasteiger partial charge < -0.3 is 10.2 Å². The van der Waals surface area contributed by atoms with Gasteiger partial charge in [0.15, 0.2) is 0 Å². The summed E-state index contributed by atoms with van der Waals surface area (Å²) in [4.78, 5) is 0. The lowest BCUT2D eigenvalue weighted by Crippen LogP contribution is -2.21. The molecule has 0 bridgehead atoms. The Labute approximate surface area is 210 Å². The fourth-order valence-electron chi connectivity index (χ4n) is 4.00. The van der Waals surface area contributed by atoms with Crippen LogP contribution in [0.3, 0.4) is 0 Å². The summed E-state index contributed by atoms with van der Waals surface area (Å²) in [5.74, 6) is 4.80. The molecule has 34 heavy (non-hydrogen) atoms. The highest BCUT2D eigenvalue weighted by Crippen LogP contribution is 2.30. The van der Waals surface area contributed by atoms with Crippen LogP contribution in [0, 0.1) is 41.4 Å². The Morgan fingerprint density at radius 2 is 0.824 bits per heavy atom. The van der Waals surface area contributed by atoms with E-state index >= 15 is 0 Å². The van der Waals surface area contributed by atoms with Crippen LogP contribution in [0.1, 0.15) is 127 Å². The van der Waals surface area contributed by atoms with Crippen molar-refractivity contribution in [3.05, 3.63) is 0 Å². The van der Waals surface area contributed by atoms with Crippen molar-refractivity contribution >= 4 is 0 Å². The van der Waals surface area contributed by atoms with Crippen LogP contribution in [0.4, 0.5) is 13.2 Å². The molecule has 2 N–H and O–H groups in total. The average molecular weight is 497 g/mol. The van der Waals surface area contributed by atoms with Crippen molar-refractivity contribution in [2.24, 2.45) is 41.4 Å². The van der Waals surface area contributed by atoms with E-state index in [0.29, 0.717) is 0 Å². The van der Waals surface area contributed by atoms with Gasteiger partial charge in [-0.25, -0.2) is 0 Å². The molecule has 0 saturated heterocycles. The van der Waals surface area contributed by atoms with Crippen LogP contribution in [0.15, 0.2) is 0 Å². The fourth-order valence-corrected chi connectivity index (χ4v) is 4.00. The maximum Gasteiger partial charge on any atom is 0.389 e. The van der Waals surface area contributed by atoms with Gasteiger partial charge in [0.2, 0.25) is 0 Å². The van der Waals surface area contributed by atoms with Gasteiger partial charge in [-0.15, -0.1) is 0 Å². The second kappa shape index (κ2) is 18.9. The standard InChI is InChI=1S/2C9H18O.C6H14.C5H9F3/c2*1-7(2)8-3-5-9(10)6-4-8;1-5(2)6(3)4;1-4(2)3-5(6,7)8/h2*7-10H,3-6H2,1-2H3;5-6H,1-4H3;4H,3H2,1-2H3. The zero-order valence-electron chi connectivity index (χ0n) is 24.1. The molecular weight excluding hydrogens is 437 g/mol. The third kappa shape index (κ3) is 22.2. The van der Waals surface area contributed by atoms with Gasteiger partial charge in [-0.1, -0.05) is 69.2 Å². The molecular formula is C29H59F3O2. The van der Waals surface area contributed by atoms with Crippen molar-refractivity contribution in [2.75, 3.05) is 0 Å². The molecule has 0 aliphatic heterocycles. The Morgan fingerprint density at radius 3 is 0.941 bits per heavy atom. The predicted octanol–water partition coefficient (Wildman–Crippen LogP) is 9.28. The Balaban J connectivity index is 0. The summed E-state index contributed by atoms with van der Waals surface area (Å²) in [7, 11) is 0. The van der Waals surface area contributed by atoms with Crippen molar-refractivity contribution in [1.29, 1.82) is 0 Å². The molecule has 0 aromatic heterocycles. The van der Waals surface area contributed by atoms with Crippen molar-refractivity contribution < 1.29 is 23.4 Å². The van der Waals surface area contributed by atoms with E-state index in [2.05, 4.69) is 55.4 Å². The van der Waals surface area contributed by atoms with Gasteiger partial charge in [-0.3, -0.25) is 0 Å². The normalized spacial score (nSPS) is 25.4. The molecule has 0 atom stereocenters. The van der Waals surface area contributed by atoms with E-state index in [-0.39, 0.29) is 18.1 Å². The van der Waals surface area contributed by atoms with Crippen LogP contribution in [0.2, 0.25) is 0 Å². The molecule has 2 aliphatic rings. The quantitative estimate of drug-likeness (QED) is 0.407. The highest BCUT2D eigenvalue weighted by atomic mass is 19.4. The molecule has 2 nitrogen and oxygen atoms in total. The second-order valence-corrected chi connectivity index (χ2v) is 12.3. The first-order chi connectivity index (χ1) is 15.5. The lowest BCUT2D eigenvalue weighted by Gasteiger charge is -2.27. The molecule has 0 aromatic rings. The molecule has 0 unspecified atom stereocenters. The number of halogens is 3. The first-order valence-corrected chi connectivity index (χ1v) is 13.9. The molecule has 0 spiro atoms. The molecule has 5 heteroatoms. The van der Waals surface area contributed by atoms with E-state index in [4.69, 9.17) is 0 Å². The first-order valence-electron chi connectivity index (χ1n) is 13.9. The third-order valence-electron chi connectivity index (χ3n) is 7.34. The van der Waals surface area contributed by atoms with Crippen molar-refractivity contribution in [1.82, 2.24) is 0 Å². The summed E-state index contributed by atoms with van der Waals surface area (Å²) < 4.78 is 33.9. The summed E-state index contributed by atoms with van der Waals surface area (Å²) in [5.41, 5.74) is 0. The molecule has 2 aliphatic carbocycles. The van der Waals surface area contributed by atoms with Crippen LogP contribution in [0.5, 0.6) is 0 Å². The Hall–Kier alpha value is -0.290. The first kappa shape index (κ1) is 35.9. The molecule has 0 heterocycles. The minimum absolute atomic E-state index is 0.00926. The second-order valence-electron chi connectivity index (χ2n) is 12.3. The van der Waals surface area contributed by atoms with Crippen LogP contribution in [-0.4, -0.2) is 28.6 Å². The molecule has 2 fully saturated rings. The number of aliphatic hydroxyl groups excluding tert-OH is 2. The fraction of sp³-hybridized carbons (Fsp3) is 1.00. The van der Waals surface area contributed by atoms with Gasteiger partial charge in [0.25, 0.3) is 0 Å². The molecule has 0 radical (unpaired) electrons. The van der Waals surface area contributed by atoms with Crippen molar-refractivity contribution in [3.63, 3.8) is 0 Å². The molecule has 2 saturated carbocycles. The van der Waals surface area contributed by atoms with Gasteiger partial charge in [0.05, 0.1) is 12.2 Å². The zero-order chi connectivity index (χ0) is 27.1. The third-order valence-corrected chi connectivity index (χ3v) is 7.34. The molecule has 0 aromatic carbocycles. The lowest BCUT2D eigenvalue weighted by atomic mass is 9.81. The van der Waals surface area contributed by atoms with Crippen molar-refractivity contribution in [2.45, 2.75) is 145 Å². The van der Waals surface area contributed by atoms with Gasteiger partial charge in [0, 0.05) is 6.42 Å². The van der Waals surface area contributed by atoms with Gasteiger partial charge >= 0.3 is 6.18 Å². The molecule has 0 amide bonds. The van der Waals surface area contributed by atoms with Gasteiger partial charge in [-0.2, -0.15) is 13.2 Å². The monoisotopic (exact) mass is 496 g/mol. The Bertz CT molecular complexity index is 411. The summed E-state index contributed by atoms with van der Waals surface area (Å²) in [5, 5.41) is 18.4. The average Bonchev–Trinajstić information content (AvgIpc) is 2.68. The maximum absolute atomic E-state index is 11.3. The minimum atomic E-state index is -3.98. The number of hydrogen-bond acceptors (Lipinski definition) is 2. The lowest BCUT2D eigenvalue weighted by molar-refractivity contribution is -0.141. The van der Waals surface area contributed by atoms with E-state index in [1.54, 1.807) is 13.8 Å². The topological polar surface area (TPSA) is 40.5 Å². The Kier molecular flexibility index (Phi) is 19.9. The van der Waals surface area contributed by atoms with Gasteiger partial charge in [-0.05, 0) is 92.8 Å². The molecule has 208 valence electrons. The van der Waals surface area contributed by atoms with Crippen LogP contribution < -0.4 is 0 Å². The van der Waals surface area contributed by atoms with E-state index in [1.165, 1.54) is 25.7 Å². The SMILES string of the molecule is CC(C)C(C)C.CC(C)C1CCC(O)CC1.CC(C)C1CCC(O)CC1.CC(C)CC(F)(F)F. The van der Waals surface area contributed by atoms with E-state index in [9.17, 15) is 23.4 Å². The number of rotatable bonds is 4. The highest BCUT2D eigenvalue weighted by Gasteiger charge is 2.27. The van der Waals surface area contributed by atoms with E-state index < -0.39 is 12.6 Å². The predicted molar refractivity (Wildman–Crippen MR) is 141 cm³/mol. The van der Waals surface area contributed by atoms with Crippen LogP contribution in [-0.2, 0) is 0 Å². The summed E-state index contributed by atoms with van der Waals surface area (Å²) in [6.07, 6.45) is 4.43. The smallest absolute Gasteiger partial charge is 0.389 e. The summed E-state index contributed by atoms with van der Waals surface area (Å²) >= 11 is 0. The number of hydrogen-bond donors (Lipinski definition) is 2. The van der Waals surface area contributed by atoms with Crippen molar-refractivity contribution in [3.8, 4) is 0 Å². The zero-order valence-corrected chi connectivity index (χ0v) is 24.1. The Morgan fingerprint density at radius 1 is 0.559 bits per heavy atom. The van der Waals surface area contributed by atoms with E-state index in [1.807, 2.05) is 0 Å². The number of alkyl halides is 3. The van der Waals surface area contributed by atoms with Crippen LogP contribution in [0.25, 0.3) is 0 Å². The number of aliphatic hydroxyl groups is 2. The highest BCUT2D eigenvalue weighted by molar-refractivity contribution is 4.74. The minimum Gasteiger partial charge on any atom is -0.393 e. The summed E-state index contributed by atoms with van der Waals surface area (Å²) in [6.45, 7) is 21.2.